The molecule has 1 aromatic heterocycles. The molecule has 1 aliphatic heterocycles. The summed E-state index contributed by atoms with van der Waals surface area (Å²) in [6.07, 6.45) is 5.45. The Kier molecular flexibility index (Phi) is 4.52. The molecule has 1 N–H and O–H groups in total. The summed E-state index contributed by atoms with van der Waals surface area (Å²) >= 11 is 4.65. The van der Waals surface area contributed by atoms with E-state index < -0.39 is 10.0 Å². The molecule has 7 heteroatoms. The van der Waals surface area contributed by atoms with Gasteiger partial charge in [0, 0.05) is 23.1 Å². The molecule has 4 nitrogen and oxygen atoms in total. The Morgan fingerprint density at radius 2 is 2.15 bits per heavy atom. The smallest absolute Gasteiger partial charge is 0.254 e. The minimum atomic E-state index is -3.36. The van der Waals surface area contributed by atoms with Crippen LogP contribution in [0.15, 0.2) is 20.1 Å². The highest BCUT2D eigenvalue weighted by atomic mass is 79.9. The molecule has 0 bridgehead atoms. The van der Waals surface area contributed by atoms with Gasteiger partial charge in [0.15, 0.2) is 0 Å². The van der Waals surface area contributed by atoms with E-state index in [1.54, 1.807) is 4.31 Å². The van der Waals surface area contributed by atoms with E-state index in [4.69, 9.17) is 0 Å². The van der Waals surface area contributed by atoms with Crippen molar-refractivity contribution in [1.82, 2.24) is 9.62 Å². The van der Waals surface area contributed by atoms with Crippen molar-refractivity contribution in [1.29, 1.82) is 0 Å². The third-order valence-electron chi connectivity index (χ3n) is 3.89. The number of halogens is 1. The van der Waals surface area contributed by atoms with Crippen molar-refractivity contribution in [2.75, 3.05) is 13.1 Å². The summed E-state index contributed by atoms with van der Waals surface area (Å²) in [4.78, 5) is 0. The molecule has 3 rings (SSSR count). The first-order valence-electron chi connectivity index (χ1n) is 7.07. The summed E-state index contributed by atoms with van der Waals surface area (Å²) in [5, 5.41) is 5.27. The fraction of sp³-hybridized carbons (Fsp3) is 0.692. The van der Waals surface area contributed by atoms with Gasteiger partial charge >= 0.3 is 0 Å². The van der Waals surface area contributed by atoms with E-state index in [0.29, 0.717) is 21.3 Å². The Morgan fingerprint density at radius 3 is 2.70 bits per heavy atom. The SMILES string of the molecule is O=S(=O)(c1sccc1Br)N(CC1CCCCN1)C1CC1. The Labute approximate surface area is 132 Å². The van der Waals surface area contributed by atoms with Gasteiger partial charge < -0.3 is 5.32 Å². The minimum absolute atomic E-state index is 0.206. The monoisotopic (exact) mass is 378 g/mol. The summed E-state index contributed by atoms with van der Waals surface area (Å²) in [6.45, 7) is 1.61. The van der Waals surface area contributed by atoms with Crippen molar-refractivity contribution in [3.8, 4) is 0 Å². The molecule has 0 spiro atoms. The quantitative estimate of drug-likeness (QED) is 0.856. The third-order valence-corrected chi connectivity index (χ3v) is 8.46. The molecule has 1 unspecified atom stereocenters. The van der Waals surface area contributed by atoms with Gasteiger partial charge in [0.05, 0.1) is 0 Å². The fourth-order valence-corrected chi connectivity index (χ4v) is 6.83. The number of nitrogens with one attached hydrogen (secondary N) is 1. The van der Waals surface area contributed by atoms with E-state index in [0.717, 1.165) is 25.8 Å². The predicted molar refractivity (Wildman–Crippen MR) is 84.6 cm³/mol. The van der Waals surface area contributed by atoms with Crippen LogP contribution in [-0.4, -0.2) is 37.9 Å². The lowest BCUT2D eigenvalue weighted by molar-refractivity contribution is 0.308. The number of piperidine rings is 1. The standard InChI is InChI=1S/C13H19BrN2O2S2/c14-12-6-8-19-13(12)20(17,18)16(11-4-5-11)9-10-3-1-2-7-15-10/h6,8,10-11,15H,1-5,7,9H2. The van der Waals surface area contributed by atoms with E-state index in [-0.39, 0.29) is 6.04 Å². The molecular formula is C13H19BrN2O2S2. The van der Waals surface area contributed by atoms with E-state index in [9.17, 15) is 8.42 Å². The zero-order valence-corrected chi connectivity index (χ0v) is 14.4. The molecule has 0 amide bonds. The molecule has 2 aliphatic rings. The maximum absolute atomic E-state index is 12.8. The first-order valence-corrected chi connectivity index (χ1v) is 10.2. The number of hydrogen-bond acceptors (Lipinski definition) is 4. The molecule has 0 aromatic carbocycles. The van der Waals surface area contributed by atoms with Crippen molar-refractivity contribution in [2.45, 2.75) is 48.4 Å². The fourth-order valence-electron chi connectivity index (χ4n) is 2.67. The number of sulfonamides is 1. The van der Waals surface area contributed by atoms with Crippen molar-refractivity contribution >= 4 is 37.3 Å². The van der Waals surface area contributed by atoms with Crippen LogP contribution in [0.2, 0.25) is 0 Å². The second kappa shape index (κ2) is 6.04. The van der Waals surface area contributed by atoms with Gasteiger partial charge in [0.2, 0.25) is 0 Å². The summed E-state index contributed by atoms with van der Waals surface area (Å²) in [7, 11) is -3.36. The molecular weight excluding hydrogens is 360 g/mol. The molecule has 1 atom stereocenters. The molecule has 112 valence electrons. The van der Waals surface area contributed by atoms with Gasteiger partial charge in [-0.3, -0.25) is 0 Å². The first kappa shape index (κ1) is 15.0. The van der Waals surface area contributed by atoms with Crippen LogP contribution in [0.5, 0.6) is 0 Å². The van der Waals surface area contributed by atoms with Crippen LogP contribution >= 0.6 is 27.3 Å². The van der Waals surface area contributed by atoms with Crippen molar-refractivity contribution < 1.29 is 8.42 Å². The highest BCUT2D eigenvalue weighted by molar-refractivity contribution is 9.10. The van der Waals surface area contributed by atoms with Crippen LogP contribution in [0.25, 0.3) is 0 Å². The van der Waals surface area contributed by atoms with Crippen LogP contribution in [0.3, 0.4) is 0 Å². The second-order valence-corrected chi connectivity index (χ2v) is 9.36. The van der Waals surface area contributed by atoms with E-state index in [1.807, 2.05) is 11.4 Å². The topological polar surface area (TPSA) is 49.4 Å². The first-order chi connectivity index (χ1) is 9.59. The maximum atomic E-state index is 12.8. The van der Waals surface area contributed by atoms with Gasteiger partial charge in [-0.05, 0) is 59.6 Å². The average Bonchev–Trinajstić information content (AvgIpc) is 3.18. The van der Waals surface area contributed by atoms with Gasteiger partial charge in [-0.15, -0.1) is 11.3 Å². The third kappa shape index (κ3) is 3.11. The van der Waals surface area contributed by atoms with Gasteiger partial charge in [-0.1, -0.05) is 6.42 Å². The summed E-state index contributed by atoms with van der Waals surface area (Å²) in [5.74, 6) is 0. The Balaban J connectivity index is 1.81. The Morgan fingerprint density at radius 1 is 1.35 bits per heavy atom. The lowest BCUT2D eigenvalue weighted by atomic mass is 10.1. The van der Waals surface area contributed by atoms with Gasteiger partial charge in [-0.25, -0.2) is 8.42 Å². The number of rotatable bonds is 5. The lowest BCUT2D eigenvalue weighted by Gasteiger charge is -2.29. The normalized spacial score (nSPS) is 24.2. The zero-order valence-electron chi connectivity index (χ0n) is 11.2. The highest BCUT2D eigenvalue weighted by Crippen LogP contribution is 2.37. The molecule has 0 radical (unpaired) electrons. The molecule has 2 fully saturated rings. The summed E-state index contributed by atoms with van der Waals surface area (Å²) < 4.78 is 28.6. The molecule has 1 saturated carbocycles. The predicted octanol–water partition coefficient (Wildman–Crippen LogP) is 2.81. The highest BCUT2D eigenvalue weighted by Gasteiger charge is 2.40. The average molecular weight is 379 g/mol. The van der Waals surface area contributed by atoms with E-state index in [2.05, 4.69) is 21.2 Å². The van der Waals surface area contributed by atoms with Gasteiger partial charge in [0.25, 0.3) is 10.0 Å². The van der Waals surface area contributed by atoms with Gasteiger partial charge in [-0.2, -0.15) is 4.31 Å². The van der Waals surface area contributed by atoms with E-state index in [1.165, 1.54) is 24.2 Å². The minimum Gasteiger partial charge on any atom is -0.313 e. The zero-order chi connectivity index (χ0) is 14.2. The molecule has 2 heterocycles. The lowest BCUT2D eigenvalue weighted by Crippen LogP contribution is -2.46. The molecule has 1 saturated heterocycles. The number of nitrogens with zero attached hydrogens (tertiary/aromatic N) is 1. The van der Waals surface area contributed by atoms with Crippen LogP contribution in [0.1, 0.15) is 32.1 Å². The Bertz CT molecular complexity index is 563. The van der Waals surface area contributed by atoms with E-state index >= 15 is 0 Å². The largest absolute Gasteiger partial charge is 0.313 e. The molecule has 20 heavy (non-hydrogen) atoms. The van der Waals surface area contributed by atoms with Crippen LogP contribution in [-0.2, 0) is 10.0 Å². The van der Waals surface area contributed by atoms with Crippen molar-refractivity contribution in [3.05, 3.63) is 15.9 Å². The van der Waals surface area contributed by atoms with Gasteiger partial charge in [0.1, 0.15) is 4.21 Å². The number of thiophene rings is 1. The summed E-state index contributed by atoms with van der Waals surface area (Å²) in [5.41, 5.74) is 0. The molecule has 1 aromatic rings. The van der Waals surface area contributed by atoms with Crippen LogP contribution in [0.4, 0.5) is 0 Å². The summed E-state index contributed by atoms with van der Waals surface area (Å²) in [6, 6.07) is 2.32. The van der Waals surface area contributed by atoms with Crippen molar-refractivity contribution in [3.63, 3.8) is 0 Å². The Hall–Kier alpha value is 0.0500. The van der Waals surface area contributed by atoms with Crippen LogP contribution in [0, 0.1) is 0 Å². The van der Waals surface area contributed by atoms with Crippen molar-refractivity contribution in [2.24, 2.45) is 0 Å². The second-order valence-electron chi connectivity index (χ2n) is 5.51. The maximum Gasteiger partial charge on any atom is 0.254 e. The number of hydrogen-bond donors (Lipinski definition) is 1. The van der Waals surface area contributed by atoms with Crippen LogP contribution < -0.4 is 5.32 Å². The molecule has 1 aliphatic carbocycles.